The Morgan fingerprint density at radius 2 is 2.22 bits per heavy atom. The minimum Gasteiger partial charge on any atom is -0.392 e. The number of likely N-dealkylation sites (tertiary alicyclic amines) is 1. The second-order valence-corrected chi connectivity index (χ2v) is 7.22. The zero-order valence-corrected chi connectivity index (χ0v) is 15.3. The van der Waals surface area contributed by atoms with Crippen molar-refractivity contribution in [3.8, 4) is 11.4 Å². The maximum Gasteiger partial charge on any atom is 0.183 e. The molecule has 0 unspecified atom stereocenters. The van der Waals surface area contributed by atoms with Gasteiger partial charge < -0.3 is 15.0 Å². The van der Waals surface area contributed by atoms with Gasteiger partial charge in [0.15, 0.2) is 5.78 Å². The van der Waals surface area contributed by atoms with Crippen LogP contribution in [0.2, 0.25) is 0 Å². The van der Waals surface area contributed by atoms with Crippen LogP contribution in [0, 0.1) is 5.82 Å². The Hall–Kier alpha value is -2.51. The van der Waals surface area contributed by atoms with Gasteiger partial charge in [-0.2, -0.15) is 5.10 Å². The van der Waals surface area contributed by atoms with Gasteiger partial charge in [-0.3, -0.25) is 9.48 Å². The monoisotopic (exact) mass is 370 g/mol. The van der Waals surface area contributed by atoms with E-state index >= 15 is 0 Å². The molecule has 0 bridgehead atoms. The Balaban J connectivity index is 1.44. The summed E-state index contributed by atoms with van der Waals surface area (Å²) in [5.74, 6) is -0.266. The first-order chi connectivity index (χ1) is 13.0. The van der Waals surface area contributed by atoms with Crippen molar-refractivity contribution in [2.75, 3.05) is 19.6 Å². The number of H-pyrrole nitrogens is 1. The highest BCUT2D eigenvalue weighted by Gasteiger charge is 2.20. The Morgan fingerprint density at radius 3 is 3.00 bits per heavy atom. The molecule has 27 heavy (non-hydrogen) atoms. The molecule has 2 N–H and O–H groups in total. The first-order valence-corrected chi connectivity index (χ1v) is 9.26. The number of nitrogens with zero attached hydrogens (tertiary/aromatic N) is 3. The van der Waals surface area contributed by atoms with Crippen LogP contribution in [0.25, 0.3) is 22.3 Å². The van der Waals surface area contributed by atoms with Gasteiger partial charge in [0.1, 0.15) is 11.5 Å². The number of β-amino-alcohol motifs (C(OH)–C–C–N with tert-alkyl or cyclic N) is 1. The van der Waals surface area contributed by atoms with E-state index in [-0.39, 0.29) is 17.7 Å². The standard InChI is InChI=1S/C20H23FN4O2/c1-24-19(17-10-13-9-14(21)4-5-16(13)22-17)11-18(23-24)20(27)3-2-7-25-8-6-15(26)12-25/h4-5,9-11,15,22,26H,2-3,6-8,12H2,1H3/t15-/m0/s1. The fraction of sp³-hybridized carbons (Fsp3) is 0.400. The minimum atomic E-state index is -0.278. The van der Waals surface area contributed by atoms with Gasteiger partial charge in [0.05, 0.1) is 17.5 Å². The van der Waals surface area contributed by atoms with Crippen molar-refractivity contribution in [1.29, 1.82) is 0 Å². The molecule has 3 heterocycles. The van der Waals surface area contributed by atoms with E-state index in [4.69, 9.17) is 0 Å². The van der Waals surface area contributed by atoms with E-state index in [1.165, 1.54) is 12.1 Å². The second-order valence-electron chi connectivity index (χ2n) is 7.22. The first-order valence-electron chi connectivity index (χ1n) is 9.26. The number of fused-ring (bicyclic) bond motifs is 1. The van der Waals surface area contributed by atoms with Gasteiger partial charge in [-0.25, -0.2) is 4.39 Å². The molecule has 4 rings (SSSR count). The van der Waals surface area contributed by atoms with Crippen molar-refractivity contribution in [3.05, 3.63) is 41.8 Å². The number of aliphatic hydroxyl groups excluding tert-OH is 1. The van der Waals surface area contributed by atoms with Gasteiger partial charge in [0.2, 0.25) is 0 Å². The molecule has 1 atom stereocenters. The number of aromatic nitrogens is 3. The molecular formula is C20H23FN4O2. The molecule has 1 aromatic carbocycles. The fourth-order valence-electron chi connectivity index (χ4n) is 3.70. The summed E-state index contributed by atoms with van der Waals surface area (Å²) in [6, 6.07) is 8.24. The van der Waals surface area contributed by atoms with E-state index in [0.717, 1.165) is 48.2 Å². The predicted octanol–water partition coefficient (Wildman–Crippen LogP) is 2.74. The summed E-state index contributed by atoms with van der Waals surface area (Å²) in [5.41, 5.74) is 2.88. The third-order valence-electron chi connectivity index (χ3n) is 5.15. The van der Waals surface area contributed by atoms with E-state index in [1.807, 2.05) is 6.07 Å². The molecule has 6 nitrogen and oxygen atoms in total. The molecule has 3 aromatic rings. The number of nitrogens with one attached hydrogen (secondary N) is 1. The van der Waals surface area contributed by atoms with Crippen molar-refractivity contribution in [1.82, 2.24) is 19.7 Å². The predicted molar refractivity (Wildman–Crippen MR) is 101 cm³/mol. The first kappa shape index (κ1) is 17.9. The third-order valence-corrected chi connectivity index (χ3v) is 5.15. The zero-order valence-electron chi connectivity index (χ0n) is 15.3. The molecule has 1 aliphatic rings. The summed E-state index contributed by atoms with van der Waals surface area (Å²) in [6.07, 6.45) is 1.76. The molecule has 0 spiro atoms. The highest BCUT2D eigenvalue weighted by Crippen LogP contribution is 2.25. The number of aryl methyl sites for hydroxylation is 1. The Morgan fingerprint density at radius 1 is 1.37 bits per heavy atom. The van der Waals surface area contributed by atoms with Gasteiger partial charge in [0, 0.05) is 37.5 Å². The van der Waals surface area contributed by atoms with Crippen molar-refractivity contribution in [3.63, 3.8) is 0 Å². The summed E-state index contributed by atoms with van der Waals surface area (Å²) < 4.78 is 15.1. The zero-order chi connectivity index (χ0) is 19.0. The fourth-order valence-corrected chi connectivity index (χ4v) is 3.70. The number of ketones is 1. The highest BCUT2D eigenvalue weighted by atomic mass is 19.1. The largest absolute Gasteiger partial charge is 0.392 e. The topological polar surface area (TPSA) is 74.2 Å². The van der Waals surface area contributed by atoms with E-state index in [9.17, 15) is 14.3 Å². The van der Waals surface area contributed by atoms with Crippen LogP contribution in [-0.4, -0.2) is 56.3 Å². The highest BCUT2D eigenvalue weighted by molar-refractivity contribution is 5.95. The van der Waals surface area contributed by atoms with E-state index < -0.39 is 0 Å². The van der Waals surface area contributed by atoms with E-state index in [0.29, 0.717) is 18.7 Å². The molecule has 0 amide bonds. The Bertz CT molecular complexity index is 978. The van der Waals surface area contributed by atoms with Crippen LogP contribution in [-0.2, 0) is 7.05 Å². The van der Waals surface area contributed by atoms with Crippen molar-refractivity contribution >= 4 is 16.7 Å². The lowest BCUT2D eigenvalue weighted by Crippen LogP contribution is -2.23. The number of aliphatic hydroxyl groups is 1. The summed E-state index contributed by atoms with van der Waals surface area (Å²) >= 11 is 0. The van der Waals surface area contributed by atoms with Gasteiger partial charge >= 0.3 is 0 Å². The molecule has 0 saturated carbocycles. The van der Waals surface area contributed by atoms with E-state index in [2.05, 4.69) is 15.0 Å². The van der Waals surface area contributed by atoms with Gasteiger partial charge in [0.25, 0.3) is 0 Å². The van der Waals surface area contributed by atoms with Crippen LogP contribution in [0.1, 0.15) is 29.8 Å². The number of halogens is 1. The van der Waals surface area contributed by atoms with Gasteiger partial charge in [-0.15, -0.1) is 0 Å². The summed E-state index contributed by atoms with van der Waals surface area (Å²) in [6.45, 7) is 2.41. The molecule has 142 valence electrons. The summed E-state index contributed by atoms with van der Waals surface area (Å²) in [4.78, 5) is 17.9. The number of carbonyl (C=O) groups excluding carboxylic acids is 1. The number of rotatable bonds is 6. The molecule has 1 saturated heterocycles. The van der Waals surface area contributed by atoms with Crippen LogP contribution < -0.4 is 0 Å². The van der Waals surface area contributed by atoms with Crippen molar-refractivity contribution < 1.29 is 14.3 Å². The Kier molecular flexibility index (Phi) is 4.80. The lowest BCUT2D eigenvalue weighted by atomic mass is 10.1. The maximum absolute atomic E-state index is 13.4. The quantitative estimate of drug-likeness (QED) is 0.655. The van der Waals surface area contributed by atoms with E-state index in [1.54, 1.807) is 23.9 Å². The van der Waals surface area contributed by atoms with Crippen LogP contribution in [0.15, 0.2) is 30.3 Å². The molecule has 0 aliphatic carbocycles. The molecule has 1 fully saturated rings. The SMILES string of the molecule is Cn1nc(C(=O)CCCN2CC[C@H](O)C2)cc1-c1cc2cc(F)ccc2[nH]1. The van der Waals surface area contributed by atoms with Crippen LogP contribution in [0.4, 0.5) is 4.39 Å². The molecule has 2 aromatic heterocycles. The third kappa shape index (κ3) is 3.79. The van der Waals surface area contributed by atoms with Crippen LogP contribution in [0.5, 0.6) is 0 Å². The summed E-state index contributed by atoms with van der Waals surface area (Å²) in [5, 5.41) is 14.7. The van der Waals surface area contributed by atoms with Gasteiger partial charge in [-0.1, -0.05) is 0 Å². The van der Waals surface area contributed by atoms with Crippen molar-refractivity contribution in [2.24, 2.45) is 7.05 Å². The molecule has 1 aliphatic heterocycles. The smallest absolute Gasteiger partial charge is 0.183 e. The minimum absolute atomic E-state index is 0.0127. The number of aromatic amines is 1. The number of hydrogen-bond acceptors (Lipinski definition) is 4. The second kappa shape index (κ2) is 7.25. The molecule has 0 radical (unpaired) electrons. The Labute approximate surface area is 156 Å². The molecular weight excluding hydrogens is 347 g/mol. The maximum atomic E-state index is 13.4. The summed E-state index contributed by atoms with van der Waals surface area (Å²) in [7, 11) is 1.80. The number of carbonyl (C=O) groups is 1. The lowest BCUT2D eigenvalue weighted by molar-refractivity contribution is 0.0969. The van der Waals surface area contributed by atoms with Crippen molar-refractivity contribution in [2.45, 2.75) is 25.4 Å². The normalized spacial score (nSPS) is 17.8. The lowest BCUT2D eigenvalue weighted by Gasteiger charge is -2.13. The average Bonchev–Trinajstić information content (AvgIpc) is 3.32. The number of Topliss-reactive ketones (excluding diaryl/α,β-unsaturated/α-hetero) is 1. The average molecular weight is 370 g/mol. The molecule has 7 heteroatoms. The van der Waals surface area contributed by atoms with Crippen LogP contribution in [0.3, 0.4) is 0 Å². The number of benzene rings is 1. The number of hydrogen-bond donors (Lipinski definition) is 2. The van der Waals surface area contributed by atoms with Gasteiger partial charge in [-0.05, 0) is 49.7 Å². The van der Waals surface area contributed by atoms with Crippen LogP contribution >= 0.6 is 0 Å².